The van der Waals surface area contributed by atoms with Crippen LogP contribution in [0.15, 0.2) is 24.3 Å². The van der Waals surface area contributed by atoms with Gasteiger partial charge in [-0.15, -0.1) is 0 Å². The van der Waals surface area contributed by atoms with E-state index in [1.807, 2.05) is 24.3 Å². The average Bonchev–Trinajstić information content (AvgIpc) is 2.82. The van der Waals surface area contributed by atoms with Crippen LogP contribution in [-0.4, -0.2) is 34.9 Å². The maximum Gasteiger partial charge on any atom is 0.326 e. The van der Waals surface area contributed by atoms with Crippen LogP contribution in [0.25, 0.3) is 0 Å². The highest BCUT2D eigenvalue weighted by atomic mass is 16.5. The van der Waals surface area contributed by atoms with Gasteiger partial charge in [0.2, 0.25) is 0 Å². The van der Waals surface area contributed by atoms with Gasteiger partial charge in [-0.2, -0.15) is 0 Å². The Morgan fingerprint density at radius 1 is 1.21 bits per heavy atom. The van der Waals surface area contributed by atoms with E-state index in [2.05, 4.69) is 39.9 Å². The van der Waals surface area contributed by atoms with Gasteiger partial charge in [0.15, 0.2) is 0 Å². The van der Waals surface area contributed by atoms with Crippen LogP contribution in [0.2, 0.25) is 0 Å². The molecule has 2 aliphatic rings. The van der Waals surface area contributed by atoms with E-state index in [-0.39, 0.29) is 24.5 Å². The van der Waals surface area contributed by atoms with Crippen molar-refractivity contribution >= 4 is 17.9 Å². The SMILES string of the molecule is CC(C)c1ccc(COC(=O)CN2C(=O)N[C@@]3(C[C@H](C)CC(C)(C)C3)C2=O)cc1. The van der Waals surface area contributed by atoms with E-state index in [0.717, 1.165) is 16.9 Å². The minimum atomic E-state index is -0.898. The van der Waals surface area contributed by atoms with Gasteiger partial charge in [-0.1, -0.05) is 58.9 Å². The molecule has 0 radical (unpaired) electrons. The highest BCUT2D eigenvalue weighted by Crippen LogP contribution is 2.46. The molecule has 0 aromatic heterocycles. The average molecular weight is 401 g/mol. The lowest BCUT2D eigenvalue weighted by Gasteiger charge is -2.43. The number of benzene rings is 1. The number of carbonyl (C=O) groups is 3. The monoisotopic (exact) mass is 400 g/mol. The quantitative estimate of drug-likeness (QED) is 0.599. The molecule has 158 valence electrons. The van der Waals surface area contributed by atoms with E-state index in [9.17, 15) is 14.4 Å². The van der Waals surface area contributed by atoms with Crippen molar-refractivity contribution in [3.8, 4) is 0 Å². The summed E-state index contributed by atoms with van der Waals surface area (Å²) >= 11 is 0. The smallest absolute Gasteiger partial charge is 0.326 e. The van der Waals surface area contributed by atoms with Crippen LogP contribution < -0.4 is 5.32 Å². The van der Waals surface area contributed by atoms with Crippen molar-refractivity contribution in [2.45, 2.75) is 71.9 Å². The minimum Gasteiger partial charge on any atom is -0.459 e. The van der Waals surface area contributed by atoms with Crippen LogP contribution >= 0.6 is 0 Å². The van der Waals surface area contributed by atoms with E-state index in [0.29, 0.717) is 24.7 Å². The first-order valence-corrected chi connectivity index (χ1v) is 10.4. The fourth-order valence-corrected chi connectivity index (χ4v) is 4.99. The normalized spacial score (nSPS) is 26.1. The molecule has 1 aliphatic carbocycles. The molecule has 1 heterocycles. The summed E-state index contributed by atoms with van der Waals surface area (Å²) < 4.78 is 5.31. The number of amides is 3. The molecule has 1 N–H and O–H groups in total. The van der Waals surface area contributed by atoms with Crippen LogP contribution in [0.4, 0.5) is 4.79 Å². The Morgan fingerprint density at radius 3 is 2.45 bits per heavy atom. The number of ether oxygens (including phenoxy) is 1. The van der Waals surface area contributed by atoms with Gasteiger partial charge in [-0.05, 0) is 47.6 Å². The molecule has 2 atom stereocenters. The molecule has 2 fully saturated rings. The summed E-state index contributed by atoms with van der Waals surface area (Å²) in [4.78, 5) is 38.9. The molecule has 0 unspecified atom stereocenters. The molecule has 1 saturated heterocycles. The Kier molecular flexibility index (Phi) is 5.74. The van der Waals surface area contributed by atoms with Crippen LogP contribution in [0, 0.1) is 11.3 Å². The molecule has 1 saturated carbocycles. The van der Waals surface area contributed by atoms with E-state index in [1.165, 1.54) is 5.56 Å². The summed E-state index contributed by atoms with van der Waals surface area (Å²) in [6.07, 6.45) is 2.20. The standard InChI is InChI=1S/C23H32N2O4/c1-15(2)18-8-6-17(7-9-18)13-29-19(26)12-25-20(27)23(24-21(25)28)11-16(3)10-22(4,5)14-23/h6-9,15-16H,10-14H2,1-5H3,(H,24,28)/t16-,23-/m1/s1. The molecule has 6 nitrogen and oxygen atoms in total. The number of nitrogens with zero attached hydrogens (tertiary/aromatic N) is 1. The summed E-state index contributed by atoms with van der Waals surface area (Å²) in [7, 11) is 0. The highest BCUT2D eigenvalue weighted by Gasteiger charge is 2.56. The minimum absolute atomic E-state index is 0.0424. The van der Waals surface area contributed by atoms with Gasteiger partial charge in [0.1, 0.15) is 18.7 Å². The van der Waals surface area contributed by atoms with E-state index in [4.69, 9.17) is 4.74 Å². The predicted molar refractivity (Wildman–Crippen MR) is 110 cm³/mol. The molecule has 3 rings (SSSR count). The van der Waals surface area contributed by atoms with Crippen LogP contribution in [0.1, 0.15) is 70.9 Å². The number of esters is 1. The lowest BCUT2D eigenvalue weighted by molar-refractivity contribution is -0.149. The lowest BCUT2D eigenvalue weighted by Crippen LogP contribution is -2.54. The molecular weight excluding hydrogens is 368 g/mol. The molecular formula is C23H32N2O4. The van der Waals surface area contributed by atoms with Crippen LogP contribution in [-0.2, 0) is 20.9 Å². The van der Waals surface area contributed by atoms with Crippen molar-refractivity contribution < 1.29 is 19.1 Å². The third-order valence-electron chi connectivity index (χ3n) is 5.96. The van der Waals surface area contributed by atoms with Crippen molar-refractivity contribution in [2.24, 2.45) is 11.3 Å². The second-order valence-electron chi connectivity index (χ2n) is 9.81. The Hall–Kier alpha value is -2.37. The number of nitrogens with one attached hydrogen (secondary N) is 1. The van der Waals surface area contributed by atoms with Crippen LogP contribution in [0.3, 0.4) is 0 Å². The molecule has 6 heteroatoms. The van der Waals surface area contributed by atoms with E-state index < -0.39 is 17.5 Å². The van der Waals surface area contributed by atoms with Crippen molar-refractivity contribution in [1.29, 1.82) is 0 Å². The Labute approximate surface area is 173 Å². The summed E-state index contributed by atoms with van der Waals surface area (Å²) in [5, 5.41) is 2.88. The maximum absolute atomic E-state index is 13.1. The molecule has 1 spiro atoms. The second kappa shape index (κ2) is 7.81. The summed E-state index contributed by atoms with van der Waals surface area (Å²) in [5.74, 6) is -0.128. The van der Waals surface area contributed by atoms with Gasteiger partial charge in [0.05, 0.1) is 0 Å². The number of imide groups is 1. The van der Waals surface area contributed by atoms with Crippen molar-refractivity contribution in [2.75, 3.05) is 6.54 Å². The number of hydrogen-bond acceptors (Lipinski definition) is 4. The first-order chi connectivity index (χ1) is 13.5. The fourth-order valence-electron chi connectivity index (χ4n) is 4.99. The zero-order valence-electron chi connectivity index (χ0n) is 18.1. The second-order valence-corrected chi connectivity index (χ2v) is 9.81. The predicted octanol–water partition coefficient (Wildman–Crippen LogP) is 3.99. The number of hydrogen-bond donors (Lipinski definition) is 1. The number of urea groups is 1. The van der Waals surface area contributed by atoms with Crippen LogP contribution in [0.5, 0.6) is 0 Å². The van der Waals surface area contributed by atoms with Gasteiger partial charge in [-0.3, -0.25) is 14.5 Å². The third-order valence-corrected chi connectivity index (χ3v) is 5.96. The van der Waals surface area contributed by atoms with Crippen molar-refractivity contribution in [3.05, 3.63) is 35.4 Å². The molecule has 1 aromatic carbocycles. The van der Waals surface area contributed by atoms with Gasteiger partial charge >= 0.3 is 12.0 Å². The Bertz CT molecular complexity index is 800. The van der Waals surface area contributed by atoms with E-state index in [1.54, 1.807) is 0 Å². The fraction of sp³-hybridized carbons (Fsp3) is 0.609. The molecule has 1 aliphatic heterocycles. The van der Waals surface area contributed by atoms with Gasteiger partial charge in [0.25, 0.3) is 5.91 Å². The van der Waals surface area contributed by atoms with Crippen molar-refractivity contribution in [1.82, 2.24) is 10.2 Å². The molecule has 3 amide bonds. The lowest BCUT2D eigenvalue weighted by atomic mass is 9.64. The summed E-state index contributed by atoms with van der Waals surface area (Å²) in [5.41, 5.74) is 1.15. The molecule has 1 aromatic rings. The summed E-state index contributed by atoms with van der Waals surface area (Å²) in [6.45, 7) is 10.3. The molecule has 29 heavy (non-hydrogen) atoms. The topological polar surface area (TPSA) is 75.7 Å². The van der Waals surface area contributed by atoms with Gasteiger partial charge in [0, 0.05) is 0 Å². The van der Waals surface area contributed by atoms with E-state index >= 15 is 0 Å². The largest absolute Gasteiger partial charge is 0.459 e. The first-order valence-electron chi connectivity index (χ1n) is 10.4. The van der Waals surface area contributed by atoms with Crippen molar-refractivity contribution in [3.63, 3.8) is 0 Å². The Morgan fingerprint density at radius 2 is 1.86 bits per heavy atom. The zero-order valence-corrected chi connectivity index (χ0v) is 18.1. The Balaban J connectivity index is 1.60. The molecule has 0 bridgehead atoms. The maximum atomic E-state index is 13.1. The first kappa shape index (κ1) is 21.3. The number of rotatable bonds is 5. The zero-order chi connectivity index (χ0) is 21.4. The summed E-state index contributed by atoms with van der Waals surface area (Å²) in [6, 6.07) is 7.38. The van der Waals surface area contributed by atoms with Gasteiger partial charge < -0.3 is 10.1 Å². The highest BCUT2D eigenvalue weighted by molar-refractivity contribution is 6.08. The van der Waals surface area contributed by atoms with Gasteiger partial charge in [-0.25, -0.2) is 4.79 Å². The number of carbonyl (C=O) groups excluding carboxylic acids is 3. The third kappa shape index (κ3) is 4.62.